The van der Waals surface area contributed by atoms with Crippen LogP contribution in [0.15, 0.2) is 94.7 Å². The topological polar surface area (TPSA) is 34.0 Å². The minimum Gasteiger partial charge on any atom is -0.343 e. The zero-order valence-electron chi connectivity index (χ0n) is 20.7. The monoisotopic (exact) mass is 500 g/mol. The van der Waals surface area contributed by atoms with Crippen LogP contribution in [0, 0.1) is 0 Å². The Bertz CT molecular complexity index is 1320. The van der Waals surface area contributed by atoms with E-state index in [1.807, 2.05) is 36.4 Å². The number of carbonyl (C=O) groups is 1. The van der Waals surface area contributed by atoms with Crippen LogP contribution in [-0.2, 0) is 11.8 Å². The minimum absolute atomic E-state index is 0.0347. The van der Waals surface area contributed by atoms with Gasteiger partial charge in [0.15, 0.2) is 0 Å². The Morgan fingerprint density at radius 1 is 0.857 bits per heavy atom. The van der Waals surface area contributed by atoms with Gasteiger partial charge in [0.25, 0.3) is 5.91 Å². The largest absolute Gasteiger partial charge is 0.343 e. The van der Waals surface area contributed by atoms with E-state index in [1.54, 1.807) is 23.5 Å². The second-order valence-corrected chi connectivity index (χ2v) is 11.1. The molecule has 0 aliphatic carbocycles. The van der Waals surface area contributed by atoms with Crippen LogP contribution < -0.4 is 5.32 Å². The van der Waals surface area contributed by atoms with E-state index >= 15 is 0 Å². The molecule has 0 bridgehead atoms. The lowest BCUT2D eigenvalue weighted by Gasteiger charge is -2.22. The molecular weight excluding hydrogens is 468 g/mol. The molecule has 1 N–H and O–H groups in total. The number of hydrogen-bond donors (Lipinski definition) is 1. The minimum atomic E-state index is -0.104. The van der Waals surface area contributed by atoms with Gasteiger partial charge in [0.2, 0.25) is 0 Å². The number of benzene rings is 3. The third kappa shape index (κ3) is 5.36. The molecule has 1 heterocycles. The molecule has 0 aliphatic heterocycles. The maximum atomic E-state index is 13.9. The van der Waals surface area contributed by atoms with Crippen molar-refractivity contribution in [2.75, 3.05) is 16.8 Å². The molecule has 3 aromatic carbocycles. The first-order valence-corrected chi connectivity index (χ1v) is 14.0. The quantitative estimate of drug-likeness (QED) is 0.235. The molecule has 4 rings (SSSR count). The normalized spacial score (nSPS) is 11.9. The summed E-state index contributed by atoms with van der Waals surface area (Å²) in [6.07, 6.45) is 0. The van der Waals surface area contributed by atoms with E-state index in [4.69, 9.17) is 0 Å². The lowest BCUT2D eigenvalue weighted by Crippen LogP contribution is -2.20. The summed E-state index contributed by atoms with van der Waals surface area (Å²) < 4.78 is 3.37. The van der Waals surface area contributed by atoms with Crippen molar-refractivity contribution in [2.24, 2.45) is 7.05 Å². The molecule has 1 aromatic heterocycles. The standard InChI is InChI=1S/C30H32N2OS2/c1-5-34-30(35-6-2)27(29(33)31-23-17-11-8-12-18-23)21(3)26-24-19-13-14-20-25(24)32(4)28(26)22-15-9-7-10-16-22/h7-21H,5-6H2,1-4H3,(H,31,33). The first-order valence-electron chi connectivity index (χ1n) is 12.1. The maximum Gasteiger partial charge on any atom is 0.253 e. The van der Waals surface area contributed by atoms with Crippen molar-refractivity contribution in [3.63, 3.8) is 0 Å². The summed E-state index contributed by atoms with van der Waals surface area (Å²) in [6, 6.07) is 28.7. The highest BCUT2D eigenvalue weighted by molar-refractivity contribution is 8.22. The number of anilines is 1. The number of para-hydroxylation sites is 2. The molecule has 180 valence electrons. The highest BCUT2D eigenvalue weighted by atomic mass is 32.2. The Hall–Kier alpha value is -2.89. The Balaban J connectivity index is 1.93. The van der Waals surface area contributed by atoms with Gasteiger partial charge in [-0.15, -0.1) is 23.5 Å². The van der Waals surface area contributed by atoms with Crippen LogP contribution in [0.3, 0.4) is 0 Å². The molecule has 5 heteroatoms. The molecule has 4 aromatic rings. The number of amides is 1. The van der Waals surface area contributed by atoms with Crippen LogP contribution in [0.5, 0.6) is 0 Å². The fourth-order valence-electron chi connectivity index (χ4n) is 4.60. The van der Waals surface area contributed by atoms with Crippen LogP contribution in [-0.4, -0.2) is 22.0 Å². The molecule has 3 nitrogen and oxygen atoms in total. The van der Waals surface area contributed by atoms with Gasteiger partial charge in [0.05, 0.1) is 5.69 Å². The lowest BCUT2D eigenvalue weighted by atomic mass is 9.89. The number of aromatic nitrogens is 1. The molecule has 1 atom stereocenters. The van der Waals surface area contributed by atoms with Gasteiger partial charge in [-0.2, -0.15) is 0 Å². The van der Waals surface area contributed by atoms with E-state index < -0.39 is 0 Å². The average molecular weight is 501 g/mol. The van der Waals surface area contributed by atoms with Gasteiger partial charge in [-0.25, -0.2) is 0 Å². The van der Waals surface area contributed by atoms with Crippen molar-refractivity contribution in [2.45, 2.75) is 26.7 Å². The summed E-state index contributed by atoms with van der Waals surface area (Å²) >= 11 is 3.52. The summed E-state index contributed by atoms with van der Waals surface area (Å²) in [4.78, 5) is 13.9. The second-order valence-electron chi connectivity index (χ2n) is 8.31. The molecule has 0 saturated carbocycles. The zero-order valence-corrected chi connectivity index (χ0v) is 22.4. The molecule has 1 amide bonds. The SMILES string of the molecule is CCSC(SCC)=C(C(=O)Nc1ccccc1)C(C)c1c(-c2ccccc2)n(C)c2ccccc12. The van der Waals surface area contributed by atoms with Gasteiger partial charge < -0.3 is 9.88 Å². The summed E-state index contributed by atoms with van der Waals surface area (Å²) in [5.74, 6) is 1.69. The number of carbonyl (C=O) groups excluding carboxylic acids is 1. The van der Waals surface area contributed by atoms with Gasteiger partial charge in [-0.05, 0) is 40.8 Å². The first-order chi connectivity index (χ1) is 17.1. The molecule has 0 spiro atoms. The third-order valence-electron chi connectivity index (χ3n) is 6.11. The van der Waals surface area contributed by atoms with E-state index in [1.165, 1.54) is 16.5 Å². The Labute approximate surface area is 217 Å². The highest BCUT2D eigenvalue weighted by Gasteiger charge is 2.29. The molecule has 35 heavy (non-hydrogen) atoms. The van der Waals surface area contributed by atoms with Crippen LogP contribution in [0.1, 0.15) is 32.3 Å². The van der Waals surface area contributed by atoms with E-state index in [-0.39, 0.29) is 11.8 Å². The summed E-state index contributed by atoms with van der Waals surface area (Å²) in [5, 5.41) is 4.36. The van der Waals surface area contributed by atoms with Crippen molar-refractivity contribution in [1.29, 1.82) is 0 Å². The predicted molar refractivity (Wildman–Crippen MR) is 155 cm³/mol. The van der Waals surface area contributed by atoms with E-state index in [2.05, 4.69) is 86.2 Å². The van der Waals surface area contributed by atoms with E-state index in [0.717, 1.165) is 38.3 Å². The van der Waals surface area contributed by atoms with Gasteiger partial charge in [0, 0.05) is 39.4 Å². The van der Waals surface area contributed by atoms with Crippen molar-refractivity contribution < 1.29 is 4.79 Å². The second kappa shape index (κ2) is 11.7. The number of aryl methyl sites for hydroxylation is 1. The van der Waals surface area contributed by atoms with Crippen LogP contribution in [0.4, 0.5) is 5.69 Å². The predicted octanol–water partition coefficient (Wildman–Crippen LogP) is 8.31. The highest BCUT2D eigenvalue weighted by Crippen LogP contribution is 2.44. The third-order valence-corrected chi connectivity index (χ3v) is 8.36. The van der Waals surface area contributed by atoms with Crippen LogP contribution in [0.2, 0.25) is 0 Å². The maximum absolute atomic E-state index is 13.9. The lowest BCUT2D eigenvalue weighted by molar-refractivity contribution is -0.113. The van der Waals surface area contributed by atoms with Gasteiger partial charge in [-0.1, -0.05) is 87.5 Å². The van der Waals surface area contributed by atoms with Crippen LogP contribution in [0.25, 0.3) is 22.2 Å². The number of thioether (sulfide) groups is 2. The van der Waals surface area contributed by atoms with Crippen molar-refractivity contribution in [1.82, 2.24) is 4.57 Å². The molecule has 0 aliphatic rings. The van der Waals surface area contributed by atoms with Crippen molar-refractivity contribution in [3.05, 3.63) is 100 Å². The Kier molecular flexibility index (Phi) is 8.42. The molecule has 0 saturated heterocycles. The average Bonchev–Trinajstić information content (AvgIpc) is 3.18. The number of nitrogens with one attached hydrogen (secondary N) is 1. The number of rotatable bonds is 9. The summed E-state index contributed by atoms with van der Waals surface area (Å²) in [7, 11) is 2.12. The molecule has 0 fully saturated rings. The van der Waals surface area contributed by atoms with Crippen molar-refractivity contribution >= 4 is 46.0 Å². The van der Waals surface area contributed by atoms with E-state index in [9.17, 15) is 4.79 Å². The Morgan fingerprint density at radius 2 is 1.43 bits per heavy atom. The fourth-order valence-corrected chi connectivity index (χ4v) is 7.01. The smallest absolute Gasteiger partial charge is 0.253 e. The zero-order chi connectivity index (χ0) is 24.8. The molecule has 0 radical (unpaired) electrons. The van der Waals surface area contributed by atoms with Gasteiger partial charge in [0.1, 0.15) is 0 Å². The summed E-state index contributed by atoms with van der Waals surface area (Å²) in [5.41, 5.74) is 6.32. The number of nitrogens with zero attached hydrogens (tertiary/aromatic N) is 1. The fraction of sp³-hybridized carbons (Fsp3) is 0.233. The van der Waals surface area contributed by atoms with Crippen LogP contribution >= 0.6 is 23.5 Å². The molecule has 1 unspecified atom stereocenters. The Morgan fingerprint density at radius 3 is 2.06 bits per heavy atom. The summed E-state index contributed by atoms with van der Waals surface area (Å²) in [6.45, 7) is 6.47. The first kappa shape index (κ1) is 25.2. The number of hydrogen-bond acceptors (Lipinski definition) is 3. The number of fused-ring (bicyclic) bond motifs is 1. The van der Waals surface area contributed by atoms with Gasteiger partial charge >= 0.3 is 0 Å². The van der Waals surface area contributed by atoms with Crippen molar-refractivity contribution in [3.8, 4) is 11.3 Å². The molecular formula is C30H32N2OS2. The van der Waals surface area contributed by atoms with E-state index in [0.29, 0.717) is 0 Å². The van der Waals surface area contributed by atoms with Gasteiger partial charge in [-0.3, -0.25) is 4.79 Å².